The summed E-state index contributed by atoms with van der Waals surface area (Å²) in [5, 5.41) is 2.91. The number of rotatable bonds is 3. The molecule has 1 unspecified atom stereocenters. The van der Waals surface area contributed by atoms with E-state index in [9.17, 15) is 9.18 Å². The summed E-state index contributed by atoms with van der Waals surface area (Å²) < 4.78 is 18.2. The van der Waals surface area contributed by atoms with Crippen molar-refractivity contribution in [2.75, 3.05) is 31.6 Å². The predicted molar refractivity (Wildman–Crippen MR) is 71.9 cm³/mol. The number of ether oxygens (including phenoxy) is 1. The van der Waals surface area contributed by atoms with Gasteiger partial charge in [-0.3, -0.25) is 9.69 Å². The fourth-order valence-corrected chi connectivity index (χ4v) is 2.17. The molecule has 0 radical (unpaired) electrons. The van der Waals surface area contributed by atoms with Gasteiger partial charge >= 0.3 is 0 Å². The number of nitrogens with one attached hydrogen (secondary N) is 1. The summed E-state index contributed by atoms with van der Waals surface area (Å²) in [5.41, 5.74) is 0.424. The molecular formula is C13H16ClFN2O2. The van der Waals surface area contributed by atoms with Gasteiger partial charge in [0.1, 0.15) is 5.82 Å². The van der Waals surface area contributed by atoms with E-state index in [0.29, 0.717) is 18.9 Å². The Morgan fingerprint density at radius 2 is 2.16 bits per heavy atom. The Labute approximate surface area is 116 Å². The first-order valence-electron chi connectivity index (χ1n) is 6.15. The number of carbonyl (C=O) groups excluding carboxylic acids is 1. The van der Waals surface area contributed by atoms with Crippen LogP contribution < -0.4 is 5.32 Å². The van der Waals surface area contributed by atoms with Gasteiger partial charge < -0.3 is 10.1 Å². The zero-order valence-electron chi connectivity index (χ0n) is 10.7. The molecule has 19 heavy (non-hydrogen) atoms. The lowest BCUT2D eigenvalue weighted by Gasteiger charge is -2.31. The number of morpholine rings is 1. The Morgan fingerprint density at radius 1 is 1.47 bits per heavy atom. The van der Waals surface area contributed by atoms with E-state index >= 15 is 0 Å². The van der Waals surface area contributed by atoms with Gasteiger partial charge in [-0.15, -0.1) is 0 Å². The van der Waals surface area contributed by atoms with Crippen molar-refractivity contribution in [1.82, 2.24) is 4.90 Å². The molecule has 0 bridgehead atoms. The molecule has 0 spiro atoms. The SMILES string of the molecule is CC(C(=O)Nc1ccc(F)cc1Cl)N1CCOCC1. The second kappa shape index (κ2) is 6.32. The minimum absolute atomic E-state index is 0.157. The summed E-state index contributed by atoms with van der Waals surface area (Å²) in [6, 6.07) is 3.63. The Hall–Kier alpha value is -1.17. The normalized spacial score (nSPS) is 18.1. The molecule has 2 rings (SSSR count). The quantitative estimate of drug-likeness (QED) is 0.926. The van der Waals surface area contributed by atoms with Crippen LogP contribution in [0.25, 0.3) is 0 Å². The zero-order chi connectivity index (χ0) is 13.8. The van der Waals surface area contributed by atoms with Gasteiger partial charge in [0.2, 0.25) is 5.91 Å². The van der Waals surface area contributed by atoms with E-state index in [-0.39, 0.29) is 17.0 Å². The van der Waals surface area contributed by atoms with Gasteiger partial charge in [-0.05, 0) is 25.1 Å². The number of amides is 1. The van der Waals surface area contributed by atoms with Crippen LogP contribution in [-0.2, 0) is 9.53 Å². The molecule has 1 fully saturated rings. The van der Waals surface area contributed by atoms with Crippen molar-refractivity contribution in [3.63, 3.8) is 0 Å². The van der Waals surface area contributed by atoms with Crippen molar-refractivity contribution in [2.24, 2.45) is 0 Å². The Balaban J connectivity index is 1.99. The van der Waals surface area contributed by atoms with E-state index < -0.39 is 5.82 Å². The van der Waals surface area contributed by atoms with Crippen molar-refractivity contribution in [2.45, 2.75) is 13.0 Å². The molecular weight excluding hydrogens is 271 g/mol. The highest BCUT2D eigenvalue weighted by atomic mass is 35.5. The van der Waals surface area contributed by atoms with Crippen LogP contribution in [-0.4, -0.2) is 43.2 Å². The molecule has 0 aromatic heterocycles. The number of halogens is 2. The number of carbonyl (C=O) groups is 1. The molecule has 1 aromatic rings. The summed E-state index contributed by atoms with van der Waals surface area (Å²) in [6.07, 6.45) is 0. The Morgan fingerprint density at radius 3 is 2.79 bits per heavy atom. The largest absolute Gasteiger partial charge is 0.379 e. The van der Waals surface area contributed by atoms with Crippen molar-refractivity contribution in [3.8, 4) is 0 Å². The van der Waals surface area contributed by atoms with E-state index in [2.05, 4.69) is 5.32 Å². The summed E-state index contributed by atoms with van der Waals surface area (Å²) in [7, 11) is 0. The molecule has 104 valence electrons. The molecule has 0 saturated carbocycles. The molecule has 1 aliphatic rings. The van der Waals surface area contributed by atoms with E-state index in [0.717, 1.165) is 13.1 Å². The number of hydrogen-bond acceptors (Lipinski definition) is 3. The minimum Gasteiger partial charge on any atom is -0.379 e. The third-order valence-corrected chi connectivity index (χ3v) is 3.47. The van der Waals surface area contributed by atoms with Crippen LogP contribution in [0.4, 0.5) is 10.1 Å². The van der Waals surface area contributed by atoms with Crippen molar-refractivity contribution < 1.29 is 13.9 Å². The third-order valence-electron chi connectivity index (χ3n) is 3.16. The number of benzene rings is 1. The molecule has 1 amide bonds. The summed E-state index contributed by atoms with van der Waals surface area (Å²) in [6.45, 7) is 4.55. The Bertz CT molecular complexity index is 464. The van der Waals surface area contributed by atoms with Gasteiger partial charge in [-0.2, -0.15) is 0 Å². The van der Waals surface area contributed by atoms with Crippen LogP contribution in [0.1, 0.15) is 6.92 Å². The smallest absolute Gasteiger partial charge is 0.241 e. The number of hydrogen-bond donors (Lipinski definition) is 1. The maximum absolute atomic E-state index is 12.9. The highest BCUT2D eigenvalue weighted by Gasteiger charge is 2.23. The minimum atomic E-state index is -0.427. The van der Waals surface area contributed by atoms with Gasteiger partial charge in [0, 0.05) is 13.1 Å². The van der Waals surface area contributed by atoms with Gasteiger partial charge in [-0.25, -0.2) is 4.39 Å². The number of anilines is 1. The standard InChI is InChI=1S/C13H16ClFN2O2/c1-9(17-4-6-19-7-5-17)13(18)16-12-3-2-10(15)8-11(12)14/h2-3,8-9H,4-7H2,1H3,(H,16,18). The maximum atomic E-state index is 12.9. The molecule has 1 atom stereocenters. The lowest BCUT2D eigenvalue weighted by atomic mass is 10.2. The molecule has 1 aliphatic heterocycles. The van der Waals surface area contributed by atoms with Crippen LogP contribution in [0.15, 0.2) is 18.2 Å². The lowest BCUT2D eigenvalue weighted by Crippen LogP contribution is -2.47. The van der Waals surface area contributed by atoms with E-state index in [4.69, 9.17) is 16.3 Å². The first-order valence-corrected chi connectivity index (χ1v) is 6.53. The zero-order valence-corrected chi connectivity index (χ0v) is 11.4. The second-order valence-corrected chi connectivity index (χ2v) is 4.84. The highest BCUT2D eigenvalue weighted by molar-refractivity contribution is 6.33. The summed E-state index contributed by atoms with van der Waals surface area (Å²) in [4.78, 5) is 14.1. The van der Waals surface area contributed by atoms with Gasteiger partial charge in [-0.1, -0.05) is 11.6 Å². The van der Waals surface area contributed by atoms with Crippen LogP contribution in [0.5, 0.6) is 0 Å². The predicted octanol–water partition coefficient (Wildman–Crippen LogP) is 2.14. The van der Waals surface area contributed by atoms with Crippen LogP contribution in [0, 0.1) is 5.82 Å². The summed E-state index contributed by atoms with van der Waals surface area (Å²) in [5.74, 6) is -0.584. The second-order valence-electron chi connectivity index (χ2n) is 4.44. The first kappa shape index (κ1) is 14.2. The highest BCUT2D eigenvalue weighted by Crippen LogP contribution is 2.22. The van der Waals surface area contributed by atoms with Gasteiger partial charge in [0.15, 0.2) is 0 Å². The van der Waals surface area contributed by atoms with Gasteiger partial charge in [0.05, 0.1) is 30.0 Å². The topological polar surface area (TPSA) is 41.6 Å². The van der Waals surface area contributed by atoms with Crippen LogP contribution in [0.3, 0.4) is 0 Å². The molecule has 1 N–H and O–H groups in total. The lowest BCUT2D eigenvalue weighted by molar-refractivity contribution is -0.122. The van der Waals surface area contributed by atoms with Gasteiger partial charge in [0.25, 0.3) is 0 Å². The molecule has 1 saturated heterocycles. The van der Waals surface area contributed by atoms with E-state index in [1.165, 1.54) is 18.2 Å². The molecule has 0 aliphatic carbocycles. The van der Waals surface area contributed by atoms with Crippen LogP contribution >= 0.6 is 11.6 Å². The average molecular weight is 287 g/mol. The third kappa shape index (κ3) is 3.65. The first-order chi connectivity index (χ1) is 9.08. The fourth-order valence-electron chi connectivity index (χ4n) is 1.96. The molecule has 6 heteroatoms. The van der Waals surface area contributed by atoms with Crippen molar-refractivity contribution in [1.29, 1.82) is 0 Å². The molecule has 1 aromatic carbocycles. The fraction of sp³-hybridized carbons (Fsp3) is 0.462. The Kier molecular flexibility index (Phi) is 4.74. The maximum Gasteiger partial charge on any atom is 0.241 e. The van der Waals surface area contributed by atoms with E-state index in [1.54, 1.807) is 0 Å². The molecule has 1 heterocycles. The van der Waals surface area contributed by atoms with Crippen molar-refractivity contribution in [3.05, 3.63) is 29.0 Å². The van der Waals surface area contributed by atoms with E-state index in [1.807, 2.05) is 11.8 Å². The summed E-state index contributed by atoms with van der Waals surface area (Å²) >= 11 is 5.88. The van der Waals surface area contributed by atoms with Crippen molar-refractivity contribution >= 4 is 23.2 Å². The number of nitrogens with zero attached hydrogens (tertiary/aromatic N) is 1. The average Bonchev–Trinajstić information content (AvgIpc) is 2.42. The monoisotopic (exact) mass is 286 g/mol. The van der Waals surface area contributed by atoms with Crippen LogP contribution in [0.2, 0.25) is 5.02 Å². The molecule has 4 nitrogen and oxygen atoms in total.